The highest BCUT2D eigenvalue weighted by molar-refractivity contribution is 5.06. The number of ether oxygens (including phenoxy) is 2. The molecule has 2 rings (SSSR count). The number of nitrogens with zero attached hydrogens (tertiary/aromatic N) is 1. The molecule has 1 aliphatic heterocycles. The fourth-order valence-electron chi connectivity index (χ4n) is 2.21. The molecule has 1 aromatic rings. The van der Waals surface area contributed by atoms with Crippen LogP contribution in [0, 0.1) is 0 Å². The summed E-state index contributed by atoms with van der Waals surface area (Å²) in [6.07, 6.45) is 3.93. The summed E-state index contributed by atoms with van der Waals surface area (Å²) in [5, 5.41) is 3.27. The van der Waals surface area contributed by atoms with Gasteiger partial charge in [0.2, 0.25) is 0 Å². The molecule has 0 aromatic carbocycles. The fourth-order valence-corrected chi connectivity index (χ4v) is 2.21. The van der Waals surface area contributed by atoms with E-state index in [1.165, 1.54) is 0 Å². The van der Waals surface area contributed by atoms with Crippen molar-refractivity contribution in [2.75, 3.05) is 33.4 Å². The van der Waals surface area contributed by atoms with Crippen molar-refractivity contribution in [2.24, 2.45) is 0 Å². The van der Waals surface area contributed by atoms with Gasteiger partial charge in [-0.2, -0.15) is 0 Å². The summed E-state index contributed by atoms with van der Waals surface area (Å²) in [6, 6.07) is 0. The molecule has 1 fully saturated rings. The third-order valence-electron chi connectivity index (χ3n) is 3.31. The number of aromatic nitrogens is 1. The van der Waals surface area contributed by atoms with Crippen LogP contribution in [-0.4, -0.2) is 44.5 Å². The van der Waals surface area contributed by atoms with Crippen molar-refractivity contribution < 1.29 is 13.9 Å². The maximum Gasteiger partial charge on any atom is 0.195 e. The first-order valence-electron chi connectivity index (χ1n) is 6.57. The molecule has 0 radical (unpaired) electrons. The summed E-state index contributed by atoms with van der Waals surface area (Å²) in [7, 11) is 1.70. The molecular formula is C13H22N2O3. The van der Waals surface area contributed by atoms with E-state index >= 15 is 0 Å². The number of oxazole rings is 1. The second-order valence-corrected chi connectivity index (χ2v) is 4.62. The van der Waals surface area contributed by atoms with Gasteiger partial charge in [0.1, 0.15) is 5.76 Å². The molecule has 1 aliphatic rings. The number of nitrogens with one attached hydrogen (secondary N) is 1. The van der Waals surface area contributed by atoms with Crippen LogP contribution in [0.1, 0.15) is 30.9 Å². The van der Waals surface area contributed by atoms with Crippen LogP contribution in [0.4, 0.5) is 0 Å². The molecule has 2 unspecified atom stereocenters. The molecular weight excluding hydrogens is 232 g/mol. The quantitative estimate of drug-likeness (QED) is 0.744. The summed E-state index contributed by atoms with van der Waals surface area (Å²) >= 11 is 0. The lowest BCUT2D eigenvalue weighted by atomic mass is 10.0. The van der Waals surface area contributed by atoms with E-state index in [1.54, 1.807) is 7.11 Å². The normalized spacial score (nSPS) is 23.7. The van der Waals surface area contributed by atoms with E-state index in [2.05, 4.69) is 17.2 Å². The number of hydrogen-bond donors (Lipinski definition) is 1. The van der Waals surface area contributed by atoms with Crippen LogP contribution in [0.15, 0.2) is 10.6 Å². The molecule has 2 atom stereocenters. The van der Waals surface area contributed by atoms with Crippen LogP contribution < -0.4 is 5.32 Å². The lowest BCUT2D eigenvalue weighted by molar-refractivity contribution is 0.115. The van der Waals surface area contributed by atoms with E-state index in [-0.39, 0.29) is 6.10 Å². The molecule has 5 heteroatoms. The Morgan fingerprint density at radius 3 is 3.11 bits per heavy atom. The van der Waals surface area contributed by atoms with Crippen molar-refractivity contribution in [3.05, 3.63) is 17.8 Å². The first-order valence-corrected chi connectivity index (χ1v) is 6.57. The minimum atomic E-state index is 0.241. The van der Waals surface area contributed by atoms with E-state index in [1.807, 2.05) is 6.20 Å². The van der Waals surface area contributed by atoms with Gasteiger partial charge in [0.25, 0.3) is 0 Å². The Bertz CT molecular complexity index is 354. The van der Waals surface area contributed by atoms with Gasteiger partial charge in [-0.1, -0.05) is 0 Å². The van der Waals surface area contributed by atoms with E-state index in [0.29, 0.717) is 5.92 Å². The number of hydrogen-bond acceptors (Lipinski definition) is 5. The van der Waals surface area contributed by atoms with Gasteiger partial charge in [0, 0.05) is 39.1 Å². The molecule has 1 aromatic heterocycles. The van der Waals surface area contributed by atoms with Gasteiger partial charge >= 0.3 is 0 Å². The van der Waals surface area contributed by atoms with Crippen molar-refractivity contribution in [1.82, 2.24) is 10.3 Å². The monoisotopic (exact) mass is 254 g/mol. The van der Waals surface area contributed by atoms with Crippen molar-refractivity contribution in [3.63, 3.8) is 0 Å². The average molecular weight is 254 g/mol. The summed E-state index contributed by atoms with van der Waals surface area (Å²) in [5.41, 5.74) is 0. The third kappa shape index (κ3) is 3.54. The fraction of sp³-hybridized carbons (Fsp3) is 0.769. The Hall–Kier alpha value is -0.910. The van der Waals surface area contributed by atoms with E-state index in [4.69, 9.17) is 13.9 Å². The first kappa shape index (κ1) is 13.5. The van der Waals surface area contributed by atoms with E-state index in [9.17, 15) is 0 Å². The van der Waals surface area contributed by atoms with Crippen LogP contribution in [0.3, 0.4) is 0 Å². The maximum atomic E-state index is 5.78. The minimum absolute atomic E-state index is 0.241. The third-order valence-corrected chi connectivity index (χ3v) is 3.31. The zero-order valence-electron chi connectivity index (χ0n) is 11.1. The highest BCUT2D eigenvalue weighted by Gasteiger charge is 2.28. The van der Waals surface area contributed by atoms with Gasteiger partial charge in [-0.05, 0) is 13.3 Å². The Labute approximate surface area is 108 Å². The molecule has 2 heterocycles. The second kappa shape index (κ2) is 6.87. The van der Waals surface area contributed by atoms with Crippen molar-refractivity contribution in [1.29, 1.82) is 0 Å². The molecule has 1 N–H and O–H groups in total. The van der Waals surface area contributed by atoms with Crippen LogP contribution in [0.25, 0.3) is 0 Å². The molecule has 102 valence electrons. The van der Waals surface area contributed by atoms with Crippen LogP contribution in [0.2, 0.25) is 0 Å². The molecule has 0 amide bonds. The highest BCUT2D eigenvalue weighted by Crippen LogP contribution is 2.31. The van der Waals surface area contributed by atoms with Crippen LogP contribution in [0.5, 0.6) is 0 Å². The molecule has 18 heavy (non-hydrogen) atoms. The summed E-state index contributed by atoms with van der Waals surface area (Å²) in [5.74, 6) is 2.13. The molecule has 1 saturated heterocycles. The van der Waals surface area contributed by atoms with Gasteiger partial charge in [0.15, 0.2) is 5.89 Å². The second-order valence-electron chi connectivity index (χ2n) is 4.62. The molecule has 0 aliphatic carbocycles. The number of rotatable bonds is 7. The largest absolute Gasteiger partial charge is 0.445 e. The van der Waals surface area contributed by atoms with Gasteiger partial charge < -0.3 is 19.2 Å². The lowest BCUT2D eigenvalue weighted by Crippen LogP contribution is -2.21. The molecule has 5 nitrogen and oxygen atoms in total. The molecule has 0 bridgehead atoms. The van der Waals surface area contributed by atoms with Crippen molar-refractivity contribution in [3.8, 4) is 0 Å². The predicted molar refractivity (Wildman–Crippen MR) is 67.7 cm³/mol. The van der Waals surface area contributed by atoms with Crippen molar-refractivity contribution >= 4 is 0 Å². The summed E-state index contributed by atoms with van der Waals surface area (Å²) in [6.45, 7) is 5.36. The first-order chi connectivity index (χ1) is 8.81. The smallest absolute Gasteiger partial charge is 0.195 e. The van der Waals surface area contributed by atoms with Crippen LogP contribution in [-0.2, 0) is 15.9 Å². The Kier molecular flexibility index (Phi) is 5.16. The zero-order chi connectivity index (χ0) is 12.8. The van der Waals surface area contributed by atoms with Gasteiger partial charge in [-0.3, -0.25) is 0 Å². The van der Waals surface area contributed by atoms with Gasteiger partial charge in [-0.15, -0.1) is 0 Å². The summed E-state index contributed by atoms with van der Waals surface area (Å²) in [4.78, 5) is 4.32. The minimum Gasteiger partial charge on any atom is -0.445 e. The Balaban J connectivity index is 1.75. The topological polar surface area (TPSA) is 56.5 Å². The molecule has 0 spiro atoms. The standard InChI is InChI=1S/C13H22N2O3/c1-10-11(4-7-17-10)12-9-15-13(18-12)3-5-14-6-8-16-2/h9-11,14H,3-8H2,1-2H3. The summed E-state index contributed by atoms with van der Waals surface area (Å²) < 4.78 is 16.3. The zero-order valence-corrected chi connectivity index (χ0v) is 11.1. The Morgan fingerprint density at radius 2 is 2.39 bits per heavy atom. The maximum absolute atomic E-state index is 5.78. The van der Waals surface area contributed by atoms with Gasteiger partial charge in [-0.25, -0.2) is 4.98 Å². The van der Waals surface area contributed by atoms with Gasteiger partial charge in [0.05, 0.1) is 18.9 Å². The van der Waals surface area contributed by atoms with Crippen molar-refractivity contribution in [2.45, 2.75) is 31.8 Å². The SMILES string of the molecule is COCCNCCc1ncc(C2CCOC2C)o1. The van der Waals surface area contributed by atoms with E-state index < -0.39 is 0 Å². The lowest BCUT2D eigenvalue weighted by Gasteiger charge is -2.09. The average Bonchev–Trinajstić information content (AvgIpc) is 2.97. The highest BCUT2D eigenvalue weighted by atomic mass is 16.5. The van der Waals surface area contributed by atoms with Crippen LogP contribution >= 0.6 is 0 Å². The number of methoxy groups -OCH3 is 1. The molecule has 0 saturated carbocycles. The van der Waals surface area contributed by atoms with E-state index in [0.717, 1.165) is 50.8 Å². The Morgan fingerprint density at radius 1 is 1.50 bits per heavy atom. The predicted octanol–water partition coefficient (Wildman–Crippen LogP) is 1.35.